The fourth-order valence-corrected chi connectivity index (χ4v) is 9.84. The Kier molecular flexibility index (Phi) is 22.2. The van der Waals surface area contributed by atoms with Crippen LogP contribution < -0.4 is 29.8 Å². The van der Waals surface area contributed by atoms with Gasteiger partial charge in [0.2, 0.25) is 0 Å². The first-order chi connectivity index (χ1) is 43.0. The number of benzene rings is 3. The van der Waals surface area contributed by atoms with Crippen LogP contribution in [0.25, 0.3) is 33.1 Å². The topological polar surface area (TPSA) is 357 Å². The molecule has 3 fully saturated rings. The Labute approximate surface area is 537 Å². The average Bonchev–Trinajstić information content (AvgIpc) is 1.35. The maximum absolute atomic E-state index is 13.2. The van der Waals surface area contributed by atoms with Crippen LogP contribution in [0.2, 0.25) is 0 Å². The highest BCUT2D eigenvalue weighted by atomic mass is 79.9. The molecule has 3 saturated heterocycles. The van der Waals surface area contributed by atoms with Gasteiger partial charge in [0.1, 0.15) is 28.0 Å². The van der Waals surface area contributed by atoms with Gasteiger partial charge in [0.15, 0.2) is 33.1 Å². The van der Waals surface area contributed by atoms with E-state index in [9.17, 15) is 33.6 Å². The minimum atomic E-state index is -1.01. The van der Waals surface area contributed by atoms with Gasteiger partial charge < -0.3 is 62.1 Å². The van der Waals surface area contributed by atoms with E-state index in [1.54, 1.807) is 110 Å². The van der Waals surface area contributed by atoms with Crippen molar-refractivity contribution in [2.24, 2.45) is 0 Å². The number of imide groups is 2. The molecule has 1 N–H and O–H groups in total. The lowest BCUT2D eigenvalue weighted by atomic mass is 10.1. The highest BCUT2D eigenvalue weighted by Gasteiger charge is 2.40. The third-order valence-electron chi connectivity index (χ3n) is 12.7. The van der Waals surface area contributed by atoms with E-state index in [0.717, 1.165) is 10.6 Å². The molecule has 502 valence electrons. The van der Waals surface area contributed by atoms with Gasteiger partial charge in [0, 0.05) is 43.7 Å². The first kappa shape index (κ1) is 70.8. The van der Waals surface area contributed by atoms with Crippen molar-refractivity contribution in [3.63, 3.8) is 0 Å². The zero-order valence-corrected chi connectivity index (χ0v) is 56.3. The third-order valence-corrected chi connectivity index (χ3v) is 13.3. The summed E-state index contributed by atoms with van der Waals surface area (Å²) in [5.74, 6) is -1.26. The zero-order chi connectivity index (χ0) is 67.8. The van der Waals surface area contributed by atoms with Crippen LogP contribution in [0.5, 0.6) is 0 Å². The molecule has 0 bridgehead atoms. The summed E-state index contributed by atoms with van der Waals surface area (Å²) >= 11 is 3.56. The molecule has 0 unspecified atom stereocenters. The summed E-state index contributed by atoms with van der Waals surface area (Å²) < 4.78 is 68.7. The highest BCUT2D eigenvalue weighted by molar-refractivity contribution is 9.10. The Morgan fingerprint density at radius 3 is 1.07 bits per heavy atom. The number of morpholine rings is 3. The number of fused-ring (bicyclic) bond motifs is 3. The number of nitrogens with zero attached hydrogens (tertiary/aromatic N) is 11. The number of aromatic nitrogens is 6. The van der Waals surface area contributed by atoms with Gasteiger partial charge >= 0.3 is 42.4 Å². The normalized spacial score (nSPS) is 14.9. The van der Waals surface area contributed by atoms with E-state index in [4.69, 9.17) is 61.3 Å². The van der Waals surface area contributed by atoms with Gasteiger partial charge in [-0.3, -0.25) is 5.32 Å². The Morgan fingerprint density at radius 2 is 0.717 bits per heavy atom. The van der Waals surface area contributed by atoms with Crippen LogP contribution >= 0.6 is 15.9 Å². The molecule has 3 aromatic carbocycles. The number of ether oxygens (including phenoxy) is 10. The van der Waals surface area contributed by atoms with Crippen molar-refractivity contribution < 1.29 is 94.8 Å². The van der Waals surface area contributed by atoms with Crippen molar-refractivity contribution in [1.29, 1.82) is 0 Å². The summed E-state index contributed by atoms with van der Waals surface area (Å²) in [5, 5.41) is 26.3. The van der Waals surface area contributed by atoms with Crippen LogP contribution in [0, 0.1) is 0 Å². The van der Waals surface area contributed by atoms with Crippen molar-refractivity contribution in [3.8, 4) is 0 Å². The average molecular weight is 1360 g/mol. The number of anilines is 6. The molecular formula is C59H79BrN12O20. The molecule has 9 rings (SSSR count). The fourth-order valence-electron chi connectivity index (χ4n) is 9.18. The number of nitrogens with one attached hydrogen (secondary N) is 1. The molecule has 0 spiro atoms. The number of carbonyl (C=O) groups is 7. The first-order valence-electron chi connectivity index (χ1n) is 29.2. The first-order valence-corrected chi connectivity index (χ1v) is 30.0. The summed E-state index contributed by atoms with van der Waals surface area (Å²) in [6.45, 7) is 32.0. The molecule has 0 saturated carbocycles. The number of amides is 5. The second-order valence-electron chi connectivity index (χ2n) is 25.7. The molecule has 0 aliphatic carbocycles. The molecule has 0 radical (unpaired) electrons. The van der Waals surface area contributed by atoms with Crippen LogP contribution in [-0.4, -0.2) is 194 Å². The molecule has 32 nitrogen and oxygen atoms in total. The van der Waals surface area contributed by atoms with Crippen LogP contribution in [-0.2, 0) is 47.4 Å². The zero-order valence-electron chi connectivity index (χ0n) is 54.7. The van der Waals surface area contributed by atoms with Crippen LogP contribution in [0.1, 0.15) is 125 Å². The standard InChI is InChI=1S/C22H30N4O8.C20H27BrN4O6.C17H22N4O6/c1-21(2,3)32-19(28)26(20(29)33-22(4,5)6)14-12-13(18(27)30-7)17(16-15(14)23-34-24-16)25-8-10-31-11-9-25;1-19(2,3)29-17(26)25(18(27)30-20(4,5)6)13-11-12(21)16(15-14(13)22-31-23-15)24-7-9-28-10-8-24;1-17(2,3)26-16(23)18-11-9-10(15(22)24-4)14(13-12(11)19-27-20-13)21-5-7-25-8-6-21/h12H,8-11H2,1-7H3;11H,7-10H2,1-6H3;9H,5-8H2,1-4H3,(H,18,23). The van der Waals surface area contributed by atoms with E-state index in [1.165, 1.54) is 26.4 Å². The molecule has 3 aliphatic heterocycles. The Bertz CT molecular complexity index is 3590. The van der Waals surface area contributed by atoms with Gasteiger partial charge in [-0.05, 0) is 169 Å². The molecule has 3 aromatic heterocycles. The third kappa shape index (κ3) is 18.1. The molecule has 6 heterocycles. The number of methoxy groups -OCH3 is 2. The SMILES string of the molecule is CC(C)(C)OC(=O)N(C(=O)OC(C)(C)C)c1cc(Br)c(N2CCOCC2)c2nonc12.COC(=O)c1cc(N(C(=O)OC(C)(C)C)C(=O)OC(C)(C)C)c2nonc2c1N1CCOCC1.COC(=O)c1cc(NC(=O)OC(C)(C)C)c2nonc2c1N1CCOCC1. The molecule has 6 aromatic rings. The second kappa shape index (κ2) is 28.9. The van der Waals surface area contributed by atoms with Gasteiger partial charge in [-0.2, -0.15) is 9.80 Å². The molecule has 0 atom stereocenters. The monoisotopic (exact) mass is 1350 g/mol. The molecule has 3 aliphatic rings. The largest absolute Gasteiger partial charge is 0.465 e. The van der Waals surface area contributed by atoms with E-state index >= 15 is 0 Å². The number of halogens is 1. The number of carbonyl (C=O) groups excluding carboxylic acids is 7. The summed E-state index contributed by atoms with van der Waals surface area (Å²) in [4.78, 5) is 97.2. The van der Waals surface area contributed by atoms with Gasteiger partial charge in [0.25, 0.3) is 0 Å². The minimum absolute atomic E-state index is 0.0692. The van der Waals surface area contributed by atoms with Gasteiger partial charge in [-0.25, -0.2) is 47.4 Å². The summed E-state index contributed by atoms with van der Waals surface area (Å²) in [5.41, 5.74) is -0.302. The highest BCUT2D eigenvalue weighted by Crippen LogP contribution is 2.42. The van der Waals surface area contributed by atoms with E-state index in [1.807, 2.05) is 9.80 Å². The van der Waals surface area contributed by atoms with E-state index in [0.29, 0.717) is 116 Å². The van der Waals surface area contributed by atoms with Gasteiger partial charge in [0.05, 0.1) is 99.1 Å². The minimum Gasteiger partial charge on any atom is -0.465 e. The lowest BCUT2D eigenvalue weighted by molar-refractivity contribution is 0.0409. The number of esters is 2. The predicted molar refractivity (Wildman–Crippen MR) is 335 cm³/mol. The summed E-state index contributed by atoms with van der Waals surface area (Å²) in [6, 6.07) is 4.44. The van der Waals surface area contributed by atoms with Crippen molar-refractivity contribution in [2.75, 3.05) is 123 Å². The van der Waals surface area contributed by atoms with Crippen molar-refractivity contribution in [2.45, 2.75) is 132 Å². The summed E-state index contributed by atoms with van der Waals surface area (Å²) in [7, 11) is 2.52. The Hall–Kier alpha value is -8.69. The van der Waals surface area contributed by atoms with Crippen LogP contribution in [0.15, 0.2) is 36.6 Å². The van der Waals surface area contributed by atoms with Gasteiger partial charge in [-0.15, -0.1) is 0 Å². The summed E-state index contributed by atoms with van der Waals surface area (Å²) in [6.07, 6.45) is -4.49. The number of hydrogen-bond donors (Lipinski definition) is 1. The number of hydrogen-bond acceptors (Lipinski definition) is 29. The maximum atomic E-state index is 13.2. The fraction of sp³-hybridized carbons (Fsp3) is 0.576. The lowest BCUT2D eigenvalue weighted by Crippen LogP contribution is -2.44. The maximum Gasteiger partial charge on any atom is 0.424 e. The Morgan fingerprint density at radius 1 is 0.424 bits per heavy atom. The van der Waals surface area contributed by atoms with Crippen LogP contribution in [0.3, 0.4) is 0 Å². The molecule has 92 heavy (non-hydrogen) atoms. The van der Waals surface area contributed by atoms with E-state index in [2.05, 4.69) is 57.1 Å². The lowest BCUT2D eigenvalue weighted by Gasteiger charge is -2.31. The number of rotatable bonds is 8. The molecule has 5 amide bonds. The second-order valence-corrected chi connectivity index (χ2v) is 26.6. The van der Waals surface area contributed by atoms with E-state index < -0.39 is 70.4 Å². The van der Waals surface area contributed by atoms with Gasteiger partial charge in [-0.1, -0.05) is 0 Å². The Balaban J connectivity index is 0.000000197. The van der Waals surface area contributed by atoms with E-state index in [-0.39, 0.29) is 44.7 Å². The quantitative estimate of drug-likeness (QED) is 0.109. The van der Waals surface area contributed by atoms with Crippen molar-refractivity contribution in [1.82, 2.24) is 30.9 Å². The predicted octanol–water partition coefficient (Wildman–Crippen LogP) is 10.2. The molecule has 33 heteroatoms. The smallest absolute Gasteiger partial charge is 0.424 e. The van der Waals surface area contributed by atoms with Crippen LogP contribution in [0.4, 0.5) is 58.1 Å². The molecular weight excluding hydrogens is 1280 g/mol. The van der Waals surface area contributed by atoms with Crippen molar-refractivity contribution in [3.05, 3.63) is 33.8 Å². The van der Waals surface area contributed by atoms with Crippen molar-refractivity contribution >= 4 is 126 Å².